The lowest BCUT2D eigenvalue weighted by atomic mass is 9.57. The average molecular weight is 486 g/mol. The number of piperazine rings is 1. The Morgan fingerprint density at radius 3 is 2.46 bits per heavy atom. The number of methoxy groups -OCH3 is 1. The fourth-order valence-corrected chi connectivity index (χ4v) is 7.45. The SMILES string of the molecule is COc1ccccc1N1CCN(C(=O)CC[C@]23CC[C@](C)(O)C[C@H]2C(C)(C)C[C@@H]3NC(C)C)CC1. The highest BCUT2D eigenvalue weighted by molar-refractivity contribution is 5.76. The number of hydrogen-bond donors (Lipinski definition) is 2. The Morgan fingerprint density at radius 1 is 1.11 bits per heavy atom. The first-order valence-electron chi connectivity index (χ1n) is 13.6. The van der Waals surface area contributed by atoms with E-state index in [2.05, 4.69) is 48.9 Å². The third-order valence-electron chi connectivity index (χ3n) is 9.23. The van der Waals surface area contributed by atoms with Gasteiger partial charge in [0.15, 0.2) is 0 Å². The molecule has 1 saturated heterocycles. The van der Waals surface area contributed by atoms with Crippen LogP contribution >= 0.6 is 0 Å². The molecule has 0 aromatic heterocycles. The van der Waals surface area contributed by atoms with E-state index in [9.17, 15) is 9.90 Å². The number of hydrogen-bond acceptors (Lipinski definition) is 5. The van der Waals surface area contributed by atoms with E-state index in [1.54, 1.807) is 7.11 Å². The topological polar surface area (TPSA) is 65.0 Å². The second kappa shape index (κ2) is 9.93. The number of nitrogens with one attached hydrogen (secondary N) is 1. The van der Waals surface area contributed by atoms with Crippen molar-refractivity contribution in [1.82, 2.24) is 10.2 Å². The van der Waals surface area contributed by atoms with Crippen LogP contribution in [0.25, 0.3) is 0 Å². The van der Waals surface area contributed by atoms with Crippen LogP contribution in [0.1, 0.15) is 73.1 Å². The van der Waals surface area contributed by atoms with E-state index in [1.165, 1.54) is 0 Å². The highest BCUT2D eigenvalue weighted by Gasteiger charge is 2.61. The van der Waals surface area contributed by atoms with Crippen LogP contribution < -0.4 is 15.0 Å². The van der Waals surface area contributed by atoms with Gasteiger partial charge in [-0.05, 0) is 67.9 Å². The molecule has 0 bridgehead atoms. The molecule has 0 radical (unpaired) electrons. The van der Waals surface area contributed by atoms with Crippen molar-refractivity contribution in [2.75, 3.05) is 38.2 Å². The van der Waals surface area contributed by atoms with Crippen molar-refractivity contribution in [3.63, 3.8) is 0 Å². The molecule has 3 aliphatic rings. The molecule has 1 heterocycles. The Labute approximate surface area is 212 Å². The van der Waals surface area contributed by atoms with E-state index in [4.69, 9.17) is 4.74 Å². The lowest BCUT2D eigenvalue weighted by molar-refractivity contribution is -0.133. The lowest BCUT2D eigenvalue weighted by Gasteiger charge is -2.51. The maximum Gasteiger partial charge on any atom is 0.222 e. The second-order valence-electron chi connectivity index (χ2n) is 12.6. The van der Waals surface area contributed by atoms with E-state index in [-0.39, 0.29) is 16.7 Å². The summed E-state index contributed by atoms with van der Waals surface area (Å²) in [5.74, 6) is 1.59. The van der Waals surface area contributed by atoms with Gasteiger partial charge in [0, 0.05) is 44.7 Å². The minimum Gasteiger partial charge on any atom is -0.495 e. The largest absolute Gasteiger partial charge is 0.495 e. The Kier molecular flexibility index (Phi) is 7.46. The molecule has 0 unspecified atom stereocenters. The van der Waals surface area contributed by atoms with Crippen LogP contribution in [0.15, 0.2) is 24.3 Å². The standard InChI is InChI=1S/C29H47N3O3/c1-21(2)30-25-20-27(3,4)24-19-28(5,34)13-14-29(24,25)12-11-26(33)32-17-15-31(16-18-32)22-9-7-8-10-23(22)35-6/h7-10,21,24-25,30,34H,11-20H2,1-6H3/t24-,25-,28-,29-/m0/s1. The molecule has 1 aliphatic heterocycles. The molecule has 2 saturated carbocycles. The first kappa shape index (κ1) is 26.3. The molecule has 3 fully saturated rings. The highest BCUT2D eigenvalue weighted by atomic mass is 16.5. The van der Waals surface area contributed by atoms with E-state index in [0.717, 1.165) is 69.7 Å². The van der Waals surface area contributed by atoms with Crippen LogP contribution in [0.3, 0.4) is 0 Å². The minimum atomic E-state index is -0.600. The maximum absolute atomic E-state index is 13.4. The van der Waals surface area contributed by atoms with E-state index in [0.29, 0.717) is 24.4 Å². The summed E-state index contributed by atoms with van der Waals surface area (Å²) in [5, 5.41) is 14.8. The van der Waals surface area contributed by atoms with Crippen molar-refractivity contribution < 1.29 is 14.6 Å². The van der Waals surface area contributed by atoms with Gasteiger partial charge in [-0.25, -0.2) is 0 Å². The molecule has 6 heteroatoms. The van der Waals surface area contributed by atoms with Crippen LogP contribution in [-0.2, 0) is 4.79 Å². The predicted octanol–water partition coefficient (Wildman–Crippen LogP) is 4.46. The smallest absolute Gasteiger partial charge is 0.222 e. The number of rotatable bonds is 7. The summed E-state index contributed by atoms with van der Waals surface area (Å²) in [5.41, 5.74) is 0.733. The molecule has 1 amide bonds. The Bertz CT molecular complexity index is 891. The lowest BCUT2D eigenvalue weighted by Crippen LogP contribution is -2.53. The number of carbonyl (C=O) groups excluding carboxylic acids is 1. The molecule has 2 aliphatic carbocycles. The van der Waals surface area contributed by atoms with E-state index < -0.39 is 5.60 Å². The van der Waals surface area contributed by atoms with Crippen molar-refractivity contribution >= 4 is 11.6 Å². The summed E-state index contributed by atoms with van der Waals surface area (Å²) in [6, 6.07) is 8.93. The number of para-hydroxylation sites is 2. The molecule has 4 rings (SSSR count). The summed E-state index contributed by atoms with van der Waals surface area (Å²) in [6.07, 6.45) is 5.27. The van der Waals surface area contributed by atoms with E-state index in [1.807, 2.05) is 25.1 Å². The molecule has 0 spiro atoms. The number of aliphatic hydroxyl groups is 1. The maximum atomic E-state index is 13.4. The monoisotopic (exact) mass is 485 g/mol. The van der Waals surface area contributed by atoms with Crippen LogP contribution in [0.5, 0.6) is 5.75 Å². The first-order chi connectivity index (χ1) is 16.5. The molecule has 196 valence electrons. The molecular formula is C29H47N3O3. The second-order valence-corrected chi connectivity index (χ2v) is 12.6. The number of nitrogens with zero attached hydrogens (tertiary/aromatic N) is 2. The van der Waals surface area contributed by atoms with Crippen LogP contribution in [0, 0.1) is 16.7 Å². The van der Waals surface area contributed by atoms with Gasteiger partial charge < -0.3 is 25.0 Å². The summed E-state index contributed by atoms with van der Waals surface area (Å²) < 4.78 is 5.54. The van der Waals surface area contributed by atoms with Gasteiger partial charge in [0.2, 0.25) is 5.91 Å². The van der Waals surface area contributed by atoms with Gasteiger partial charge in [0.1, 0.15) is 5.75 Å². The summed E-state index contributed by atoms with van der Waals surface area (Å²) >= 11 is 0. The zero-order valence-corrected chi connectivity index (χ0v) is 22.8. The van der Waals surface area contributed by atoms with Gasteiger partial charge in [-0.3, -0.25) is 4.79 Å². The van der Waals surface area contributed by atoms with Crippen LogP contribution in [-0.4, -0.2) is 66.9 Å². The van der Waals surface area contributed by atoms with Gasteiger partial charge in [0.25, 0.3) is 0 Å². The summed E-state index contributed by atoms with van der Waals surface area (Å²) in [6.45, 7) is 14.3. The molecule has 6 nitrogen and oxygen atoms in total. The average Bonchev–Trinajstić information content (AvgIpc) is 3.02. The number of fused-ring (bicyclic) bond motifs is 1. The van der Waals surface area contributed by atoms with Crippen LogP contribution in [0.2, 0.25) is 0 Å². The fourth-order valence-electron chi connectivity index (χ4n) is 7.45. The quantitative estimate of drug-likeness (QED) is 0.597. The van der Waals surface area contributed by atoms with Crippen molar-refractivity contribution in [1.29, 1.82) is 0 Å². The van der Waals surface area contributed by atoms with Crippen LogP contribution in [0.4, 0.5) is 5.69 Å². The van der Waals surface area contributed by atoms with E-state index >= 15 is 0 Å². The fraction of sp³-hybridized carbons (Fsp3) is 0.759. The van der Waals surface area contributed by atoms with Crippen molar-refractivity contribution in [3.8, 4) is 5.75 Å². The number of anilines is 1. The molecule has 1 aromatic rings. The molecule has 2 N–H and O–H groups in total. The summed E-state index contributed by atoms with van der Waals surface area (Å²) in [4.78, 5) is 17.8. The normalized spacial score (nSPS) is 32.6. The van der Waals surface area contributed by atoms with Gasteiger partial charge in [-0.15, -0.1) is 0 Å². The third-order valence-corrected chi connectivity index (χ3v) is 9.23. The van der Waals surface area contributed by atoms with Crippen molar-refractivity contribution in [2.24, 2.45) is 16.7 Å². The number of ether oxygens (including phenoxy) is 1. The van der Waals surface area contributed by atoms with Gasteiger partial charge in [-0.2, -0.15) is 0 Å². The van der Waals surface area contributed by atoms with Crippen molar-refractivity contribution in [3.05, 3.63) is 24.3 Å². The molecular weight excluding hydrogens is 438 g/mol. The number of benzene rings is 1. The summed E-state index contributed by atoms with van der Waals surface area (Å²) in [7, 11) is 1.71. The van der Waals surface area contributed by atoms with Crippen molar-refractivity contribution in [2.45, 2.75) is 90.8 Å². The Hall–Kier alpha value is -1.79. The zero-order valence-electron chi connectivity index (χ0n) is 22.8. The van der Waals surface area contributed by atoms with Gasteiger partial charge in [-0.1, -0.05) is 39.8 Å². The zero-order chi connectivity index (χ0) is 25.4. The molecule has 1 aromatic carbocycles. The van der Waals surface area contributed by atoms with Gasteiger partial charge >= 0.3 is 0 Å². The predicted molar refractivity (Wildman–Crippen MR) is 142 cm³/mol. The first-order valence-corrected chi connectivity index (χ1v) is 13.6. The van der Waals surface area contributed by atoms with Gasteiger partial charge in [0.05, 0.1) is 18.4 Å². The molecule has 4 atom stereocenters. The number of amides is 1. The minimum absolute atomic E-state index is 0.0743. The molecule has 35 heavy (non-hydrogen) atoms. The third kappa shape index (κ3) is 5.34. The number of carbonyl (C=O) groups is 1. The Balaban J connectivity index is 1.43. The Morgan fingerprint density at radius 2 is 1.80 bits per heavy atom. The highest BCUT2D eigenvalue weighted by Crippen LogP contribution is 2.64.